The summed E-state index contributed by atoms with van der Waals surface area (Å²) in [4.78, 5) is 21.3. The topological polar surface area (TPSA) is 66.9 Å². The maximum Gasteiger partial charge on any atom is 0.255 e. The van der Waals surface area contributed by atoms with Gasteiger partial charge in [-0.25, -0.2) is 14.4 Å². The third-order valence-corrected chi connectivity index (χ3v) is 4.79. The second-order valence-corrected chi connectivity index (χ2v) is 7.35. The van der Waals surface area contributed by atoms with E-state index in [0.717, 1.165) is 4.47 Å². The highest BCUT2D eigenvalue weighted by atomic mass is 79.9. The van der Waals surface area contributed by atoms with Gasteiger partial charge in [-0.05, 0) is 72.8 Å². The van der Waals surface area contributed by atoms with E-state index in [2.05, 4.69) is 36.5 Å². The summed E-state index contributed by atoms with van der Waals surface area (Å²) >= 11 is 3.37. The Morgan fingerprint density at radius 3 is 2.43 bits per heavy atom. The van der Waals surface area contributed by atoms with Gasteiger partial charge in [-0.15, -0.1) is 0 Å². The zero-order valence-corrected chi connectivity index (χ0v) is 17.2. The van der Waals surface area contributed by atoms with Crippen molar-refractivity contribution in [3.05, 3.63) is 101 Å². The molecule has 0 bridgehead atoms. The van der Waals surface area contributed by atoms with Crippen LogP contribution >= 0.6 is 15.9 Å². The molecule has 1 heterocycles. The van der Waals surface area contributed by atoms with E-state index in [-0.39, 0.29) is 11.7 Å². The maximum atomic E-state index is 13.1. The zero-order valence-electron chi connectivity index (χ0n) is 15.6. The van der Waals surface area contributed by atoms with Crippen LogP contribution in [0.1, 0.15) is 10.4 Å². The van der Waals surface area contributed by atoms with Crippen LogP contribution in [0.2, 0.25) is 0 Å². The van der Waals surface area contributed by atoms with Crippen molar-refractivity contribution >= 4 is 39.0 Å². The van der Waals surface area contributed by atoms with Gasteiger partial charge in [-0.1, -0.05) is 22.0 Å². The molecule has 0 saturated carbocycles. The molecule has 1 aromatic heterocycles. The smallest absolute Gasteiger partial charge is 0.255 e. The van der Waals surface area contributed by atoms with Gasteiger partial charge in [0.1, 0.15) is 11.6 Å². The summed E-state index contributed by atoms with van der Waals surface area (Å²) in [5, 5.41) is 6.05. The standard InChI is InChI=1S/C23H16BrFN4O/c24-17-6-10-19(11-7-17)28-23(30)16-2-1-3-20(14-16)27-21-12-13-26-22(29-21)15-4-8-18(25)9-5-15/h1-14H,(H,28,30)(H,26,27,29). The van der Waals surface area contributed by atoms with E-state index >= 15 is 0 Å². The Morgan fingerprint density at radius 1 is 0.900 bits per heavy atom. The zero-order chi connectivity index (χ0) is 20.9. The van der Waals surface area contributed by atoms with Crippen LogP contribution < -0.4 is 10.6 Å². The molecule has 7 heteroatoms. The van der Waals surface area contributed by atoms with Crippen LogP contribution in [0.25, 0.3) is 11.4 Å². The number of nitrogens with one attached hydrogen (secondary N) is 2. The van der Waals surface area contributed by atoms with Crippen molar-refractivity contribution in [3.63, 3.8) is 0 Å². The van der Waals surface area contributed by atoms with E-state index in [4.69, 9.17) is 0 Å². The summed E-state index contributed by atoms with van der Waals surface area (Å²) in [5.41, 5.74) is 2.64. The van der Waals surface area contributed by atoms with Crippen molar-refractivity contribution in [2.75, 3.05) is 10.6 Å². The first-order valence-electron chi connectivity index (χ1n) is 9.10. The Morgan fingerprint density at radius 2 is 1.67 bits per heavy atom. The van der Waals surface area contributed by atoms with Crippen LogP contribution in [-0.2, 0) is 0 Å². The fourth-order valence-electron chi connectivity index (χ4n) is 2.79. The number of aromatic nitrogens is 2. The molecule has 2 N–H and O–H groups in total. The van der Waals surface area contributed by atoms with Crippen molar-refractivity contribution in [1.82, 2.24) is 9.97 Å². The van der Waals surface area contributed by atoms with E-state index in [9.17, 15) is 9.18 Å². The van der Waals surface area contributed by atoms with Crippen LogP contribution in [-0.4, -0.2) is 15.9 Å². The lowest BCUT2D eigenvalue weighted by Crippen LogP contribution is -2.12. The summed E-state index contributed by atoms with van der Waals surface area (Å²) in [5.74, 6) is 0.515. The average Bonchev–Trinajstić information content (AvgIpc) is 2.76. The van der Waals surface area contributed by atoms with Crippen molar-refractivity contribution < 1.29 is 9.18 Å². The van der Waals surface area contributed by atoms with Crippen molar-refractivity contribution in [3.8, 4) is 11.4 Å². The predicted octanol–water partition coefficient (Wildman–Crippen LogP) is 6.04. The maximum absolute atomic E-state index is 13.1. The second-order valence-electron chi connectivity index (χ2n) is 6.44. The first-order chi connectivity index (χ1) is 14.6. The Kier molecular flexibility index (Phi) is 5.81. The second kappa shape index (κ2) is 8.84. The van der Waals surface area contributed by atoms with E-state index < -0.39 is 0 Å². The molecular formula is C23H16BrFN4O. The number of hydrogen-bond acceptors (Lipinski definition) is 4. The Hall–Kier alpha value is -3.58. The minimum atomic E-state index is -0.314. The quantitative estimate of drug-likeness (QED) is 0.379. The summed E-state index contributed by atoms with van der Waals surface area (Å²) in [7, 11) is 0. The minimum Gasteiger partial charge on any atom is -0.340 e. The number of nitrogens with zero attached hydrogens (tertiary/aromatic N) is 2. The number of benzene rings is 3. The van der Waals surface area contributed by atoms with Gasteiger partial charge in [-0.3, -0.25) is 4.79 Å². The third kappa shape index (κ3) is 4.87. The molecular weight excluding hydrogens is 447 g/mol. The van der Waals surface area contributed by atoms with Gasteiger partial charge in [0.05, 0.1) is 0 Å². The van der Waals surface area contributed by atoms with Crippen LogP contribution in [0, 0.1) is 5.82 Å². The van der Waals surface area contributed by atoms with Crippen LogP contribution in [0.3, 0.4) is 0 Å². The lowest BCUT2D eigenvalue weighted by atomic mass is 10.1. The van der Waals surface area contributed by atoms with E-state index in [1.807, 2.05) is 30.3 Å². The molecule has 0 aliphatic heterocycles. The molecule has 0 aliphatic carbocycles. The van der Waals surface area contributed by atoms with Crippen molar-refractivity contribution in [1.29, 1.82) is 0 Å². The molecule has 0 fully saturated rings. The molecule has 4 aromatic rings. The number of carbonyl (C=O) groups excluding carboxylic acids is 1. The molecule has 30 heavy (non-hydrogen) atoms. The normalized spacial score (nSPS) is 10.5. The predicted molar refractivity (Wildman–Crippen MR) is 119 cm³/mol. The molecule has 148 valence electrons. The fraction of sp³-hybridized carbons (Fsp3) is 0. The molecule has 0 saturated heterocycles. The Labute approximate surface area is 181 Å². The van der Waals surface area contributed by atoms with Gasteiger partial charge in [0, 0.05) is 33.2 Å². The number of halogens is 2. The Bertz CT molecular complexity index is 1180. The van der Waals surface area contributed by atoms with Gasteiger partial charge in [0.15, 0.2) is 5.82 Å². The molecule has 0 radical (unpaired) electrons. The highest BCUT2D eigenvalue weighted by molar-refractivity contribution is 9.10. The summed E-state index contributed by atoms with van der Waals surface area (Å²) < 4.78 is 14.1. The first kappa shape index (κ1) is 19.7. The number of hydrogen-bond donors (Lipinski definition) is 2. The van der Waals surface area contributed by atoms with E-state index in [1.165, 1.54) is 12.1 Å². The number of anilines is 3. The number of rotatable bonds is 5. The SMILES string of the molecule is O=C(Nc1ccc(Br)cc1)c1cccc(Nc2ccnc(-c3ccc(F)cc3)n2)c1. The van der Waals surface area contributed by atoms with E-state index in [1.54, 1.807) is 42.6 Å². The lowest BCUT2D eigenvalue weighted by molar-refractivity contribution is 0.102. The van der Waals surface area contributed by atoms with Crippen LogP contribution in [0.5, 0.6) is 0 Å². The van der Waals surface area contributed by atoms with Crippen molar-refractivity contribution in [2.24, 2.45) is 0 Å². The molecule has 1 amide bonds. The first-order valence-corrected chi connectivity index (χ1v) is 9.89. The molecule has 0 spiro atoms. The largest absolute Gasteiger partial charge is 0.340 e. The minimum absolute atomic E-state index is 0.212. The van der Waals surface area contributed by atoms with Gasteiger partial charge in [0.25, 0.3) is 5.91 Å². The number of carbonyl (C=O) groups is 1. The third-order valence-electron chi connectivity index (χ3n) is 4.26. The van der Waals surface area contributed by atoms with Gasteiger partial charge in [-0.2, -0.15) is 0 Å². The molecule has 5 nitrogen and oxygen atoms in total. The molecule has 3 aromatic carbocycles. The van der Waals surface area contributed by atoms with Gasteiger partial charge < -0.3 is 10.6 Å². The molecule has 0 aliphatic rings. The lowest BCUT2D eigenvalue weighted by Gasteiger charge is -2.10. The summed E-state index contributed by atoms with van der Waals surface area (Å²) in [6, 6.07) is 22.2. The number of amides is 1. The molecule has 0 atom stereocenters. The molecule has 0 unspecified atom stereocenters. The van der Waals surface area contributed by atoms with Gasteiger partial charge in [0.2, 0.25) is 0 Å². The fourth-order valence-corrected chi connectivity index (χ4v) is 3.05. The van der Waals surface area contributed by atoms with Gasteiger partial charge >= 0.3 is 0 Å². The highest BCUT2D eigenvalue weighted by Crippen LogP contribution is 2.21. The average molecular weight is 463 g/mol. The highest BCUT2D eigenvalue weighted by Gasteiger charge is 2.08. The Balaban J connectivity index is 1.50. The van der Waals surface area contributed by atoms with Crippen molar-refractivity contribution in [2.45, 2.75) is 0 Å². The summed E-state index contributed by atoms with van der Waals surface area (Å²) in [6.07, 6.45) is 1.62. The van der Waals surface area contributed by atoms with E-state index in [0.29, 0.717) is 34.1 Å². The monoisotopic (exact) mass is 462 g/mol. The molecule has 4 rings (SSSR count). The van der Waals surface area contributed by atoms with Crippen LogP contribution in [0.4, 0.5) is 21.6 Å². The van der Waals surface area contributed by atoms with Crippen LogP contribution in [0.15, 0.2) is 89.5 Å². The summed E-state index contributed by atoms with van der Waals surface area (Å²) in [6.45, 7) is 0.